The maximum Gasteiger partial charge on any atom is 0.152 e. The van der Waals surface area contributed by atoms with Gasteiger partial charge in [-0.15, -0.1) is 0 Å². The summed E-state index contributed by atoms with van der Waals surface area (Å²) in [5, 5.41) is 3.72. The fourth-order valence-corrected chi connectivity index (χ4v) is 4.02. The smallest absolute Gasteiger partial charge is 0.152 e. The van der Waals surface area contributed by atoms with Crippen LogP contribution in [0.5, 0.6) is 5.75 Å². The second-order valence-corrected chi connectivity index (χ2v) is 7.08. The Labute approximate surface area is 112 Å². The number of hydrogen-bond acceptors (Lipinski definition) is 4. The summed E-state index contributed by atoms with van der Waals surface area (Å²) in [6.07, 6.45) is 1.58. The second-order valence-electron chi connectivity index (χ2n) is 4.45. The van der Waals surface area contributed by atoms with Crippen LogP contribution in [0.4, 0.5) is 5.69 Å². The highest BCUT2D eigenvalue weighted by Crippen LogP contribution is 2.28. The van der Waals surface area contributed by atoms with Gasteiger partial charge in [0.25, 0.3) is 0 Å². The van der Waals surface area contributed by atoms with Gasteiger partial charge in [-0.1, -0.05) is 11.6 Å². The summed E-state index contributed by atoms with van der Waals surface area (Å²) < 4.78 is 28.1. The van der Waals surface area contributed by atoms with E-state index in [1.54, 1.807) is 19.2 Å². The predicted octanol–water partition coefficient (Wildman–Crippen LogP) is 2.34. The molecule has 4 nitrogen and oxygen atoms in total. The Hall–Kier alpha value is -0.940. The summed E-state index contributed by atoms with van der Waals surface area (Å²) in [5.41, 5.74) is 0.822. The Kier molecular flexibility index (Phi) is 4.02. The van der Waals surface area contributed by atoms with Gasteiger partial charge in [-0.3, -0.25) is 0 Å². The molecule has 6 heteroatoms. The summed E-state index contributed by atoms with van der Waals surface area (Å²) in [6, 6.07) is 5.32. The van der Waals surface area contributed by atoms with Crippen molar-refractivity contribution in [3.63, 3.8) is 0 Å². The van der Waals surface area contributed by atoms with Gasteiger partial charge in [-0.05, 0) is 31.0 Å². The van der Waals surface area contributed by atoms with Gasteiger partial charge in [0.15, 0.2) is 9.84 Å². The molecule has 2 rings (SSSR count). The molecule has 0 radical (unpaired) electrons. The maximum absolute atomic E-state index is 11.5. The number of sulfone groups is 1. The molecule has 1 saturated heterocycles. The molecule has 1 aromatic rings. The topological polar surface area (TPSA) is 55.4 Å². The first kappa shape index (κ1) is 13.5. The first-order valence-electron chi connectivity index (χ1n) is 5.81. The molecule has 1 unspecified atom stereocenters. The molecule has 100 valence electrons. The third-order valence-electron chi connectivity index (χ3n) is 2.99. The molecule has 1 atom stereocenters. The number of ether oxygens (including phenoxy) is 1. The molecule has 0 aromatic heterocycles. The van der Waals surface area contributed by atoms with Crippen molar-refractivity contribution in [1.29, 1.82) is 0 Å². The van der Waals surface area contributed by atoms with E-state index in [0.717, 1.165) is 12.1 Å². The minimum absolute atomic E-state index is 0.0341. The molecule has 0 aliphatic carbocycles. The number of methoxy groups -OCH3 is 1. The molecule has 1 aliphatic rings. The van der Waals surface area contributed by atoms with Crippen LogP contribution in [-0.2, 0) is 9.84 Å². The van der Waals surface area contributed by atoms with Crippen LogP contribution >= 0.6 is 11.6 Å². The third kappa shape index (κ3) is 3.29. The van der Waals surface area contributed by atoms with Gasteiger partial charge in [0.2, 0.25) is 0 Å². The van der Waals surface area contributed by atoms with E-state index >= 15 is 0 Å². The van der Waals surface area contributed by atoms with E-state index in [1.807, 2.05) is 6.07 Å². The highest BCUT2D eigenvalue weighted by molar-refractivity contribution is 7.91. The summed E-state index contributed by atoms with van der Waals surface area (Å²) in [6.45, 7) is 0. The van der Waals surface area contributed by atoms with Crippen LogP contribution in [0.25, 0.3) is 0 Å². The van der Waals surface area contributed by atoms with Gasteiger partial charge in [-0.2, -0.15) is 0 Å². The van der Waals surface area contributed by atoms with Crippen LogP contribution in [0.15, 0.2) is 18.2 Å². The minimum Gasteiger partial charge on any atom is -0.495 e. The summed E-state index contributed by atoms with van der Waals surface area (Å²) in [4.78, 5) is 0. The minimum atomic E-state index is -2.90. The molecular weight excluding hydrogens is 274 g/mol. The Morgan fingerprint density at radius 3 is 2.83 bits per heavy atom. The van der Waals surface area contributed by atoms with Crippen molar-refractivity contribution in [2.45, 2.75) is 18.9 Å². The summed E-state index contributed by atoms with van der Waals surface area (Å²) in [5.74, 6) is 1.10. The van der Waals surface area contributed by atoms with E-state index < -0.39 is 9.84 Å². The van der Waals surface area contributed by atoms with Gasteiger partial charge in [0.1, 0.15) is 5.75 Å². The van der Waals surface area contributed by atoms with Gasteiger partial charge in [0, 0.05) is 11.7 Å². The molecule has 1 aliphatic heterocycles. The fourth-order valence-electron chi connectivity index (χ4n) is 2.13. The number of hydrogen-bond donors (Lipinski definition) is 1. The van der Waals surface area contributed by atoms with Crippen molar-refractivity contribution in [2.75, 3.05) is 23.9 Å². The number of rotatable bonds is 3. The lowest BCUT2D eigenvalue weighted by Gasteiger charge is -2.24. The normalized spacial score (nSPS) is 22.4. The van der Waals surface area contributed by atoms with Gasteiger partial charge < -0.3 is 10.1 Å². The highest BCUT2D eigenvalue weighted by atomic mass is 35.5. The first-order valence-corrected chi connectivity index (χ1v) is 8.00. The summed E-state index contributed by atoms with van der Waals surface area (Å²) >= 11 is 6.02. The Morgan fingerprint density at radius 1 is 1.44 bits per heavy atom. The molecule has 0 saturated carbocycles. The fraction of sp³-hybridized carbons (Fsp3) is 0.500. The van der Waals surface area contributed by atoms with Crippen molar-refractivity contribution >= 4 is 27.1 Å². The standard InChI is InChI=1S/C12H16ClNO3S/c1-17-12-5-4-9(7-11(12)13)14-10-3-2-6-18(15,16)8-10/h4-5,7,10,14H,2-3,6,8H2,1H3. The first-order chi connectivity index (χ1) is 8.50. The number of halogens is 1. The second kappa shape index (κ2) is 5.36. The molecule has 1 aromatic carbocycles. The van der Waals surface area contributed by atoms with Gasteiger partial charge >= 0.3 is 0 Å². The zero-order chi connectivity index (χ0) is 13.2. The molecule has 1 heterocycles. The quantitative estimate of drug-likeness (QED) is 0.928. The molecular formula is C12H16ClNO3S. The van der Waals surface area contributed by atoms with E-state index in [1.165, 1.54) is 0 Å². The molecule has 0 amide bonds. The molecule has 18 heavy (non-hydrogen) atoms. The Balaban J connectivity index is 2.07. The third-order valence-corrected chi connectivity index (χ3v) is 5.10. The average molecular weight is 290 g/mol. The van der Waals surface area contributed by atoms with E-state index in [-0.39, 0.29) is 11.8 Å². The highest BCUT2D eigenvalue weighted by Gasteiger charge is 2.24. The average Bonchev–Trinajstić information content (AvgIpc) is 2.28. The lowest BCUT2D eigenvalue weighted by atomic mass is 10.1. The number of nitrogens with one attached hydrogen (secondary N) is 1. The molecule has 1 N–H and O–H groups in total. The van der Waals surface area contributed by atoms with E-state index in [9.17, 15) is 8.42 Å². The maximum atomic E-state index is 11.5. The predicted molar refractivity (Wildman–Crippen MR) is 73.3 cm³/mol. The van der Waals surface area contributed by atoms with Crippen molar-refractivity contribution in [2.24, 2.45) is 0 Å². The van der Waals surface area contributed by atoms with Gasteiger partial charge in [-0.25, -0.2) is 8.42 Å². The monoisotopic (exact) mass is 289 g/mol. The van der Waals surface area contributed by atoms with Crippen LogP contribution in [-0.4, -0.2) is 33.1 Å². The Bertz CT molecular complexity index is 530. The van der Waals surface area contributed by atoms with Crippen LogP contribution in [0.2, 0.25) is 5.02 Å². The van der Waals surface area contributed by atoms with E-state index in [0.29, 0.717) is 22.9 Å². The molecule has 0 spiro atoms. The zero-order valence-electron chi connectivity index (χ0n) is 10.1. The SMILES string of the molecule is COc1ccc(NC2CCCS(=O)(=O)C2)cc1Cl. The van der Waals surface area contributed by atoms with Crippen LogP contribution < -0.4 is 10.1 Å². The van der Waals surface area contributed by atoms with Crippen molar-refractivity contribution < 1.29 is 13.2 Å². The molecule has 0 bridgehead atoms. The number of anilines is 1. The van der Waals surface area contributed by atoms with E-state index in [2.05, 4.69) is 5.32 Å². The van der Waals surface area contributed by atoms with Crippen molar-refractivity contribution in [3.05, 3.63) is 23.2 Å². The van der Waals surface area contributed by atoms with Gasteiger partial charge in [0.05, 0.1) is 23.6 Å². The van der Waals surface area contributed by atoms with Crippen molar-refractivity contribution in [3.8, 4) is 5.75 Å². The molecule has 1 fully saturated rings. The summed E-state index contributed by atoms with van der Waals surface area (Å²) in [7, 11) is -1.34. The van der Waals surface area contributed by atoms with Crippen LogP contribution in [0, 0.1) is 0 Å². The lowest BCUT2D eigenvalue weighted by Crippen LogP contribution is -2.34. The zero-order valence-corrected chi connectivity index (χ0v) is 11.7. The Morgan fingerprint density at radius 2 is 2.22 bits per heavy atom. The van der Waals surface area contributed by atoms with Crippen LogP contribution in [0.3, 0.4) is 0 Å². The van der Waals surface area contributed by atoms with Crippen LogP contribution in [0.1, 0.15) is 12.8 Å². The number of benzene rings is 1. The van der Waals surface area contributed by atoms with Crippen molar-refractivity contribution in [1.82, 2.24) is 0 Å². The largest absolute Gasteiger partial charge is 0.495 e. The lowest BCUT2D eigenvalue weighted by molar-refractivity contribution is 0.415. The van der Waals surface area contributed by atoms with E-state index in [4.69, 9.17) is 16.3 Å².